The van der Waals surface area contributed by atoms with Gasteiger partial charge in [-0.3, -0.25) is 0 Å². The van der Waals surface area contributed by atoms with E-state index in [2.05, 4.69) is 198 Å². The maximum atomic E-state index is 2.49. The first-order valence-electron chi connectivity index (χ1n) is 16.7. The molecule has 0 N–H and O–H groups in total. The molecule has 1 aromatic heterocycles. The molecule has 228 valence electrons. The van der Waals surface area contributed by atoms with E-state index in [1.807, 2.05) is 0 Å². The third-order valence-electron chi connectivity index (χ3n) is 9.67. The lowest BCUT2D eigenvalue weighted by molar-refractivity contribution is 0.785. The van der Waals surface area contributed by atoms with Gasteiger partial charge in [-0.25, -0.2) is 0 Å². The maximum absolute atomic E-state index is 2.49. The fraction of sp³-hybridized carbons (Fsp3) is 0.0435. The maximum Gasteiger partial charge on any atom is 0.0559 e. The summed E-state index contributed by atoms with van der Waals surface area (Å²) in [6.07, 6.45) is 9.87. The molecule has 0 spiro atoms. The van der Waals surface area contributed by atoms with E-state index >= 15 is 0 Å². The lowest BCUT2D eigenvalue weighted by Gasteiger charge is -2.33. The van der Waals surface area contributed by atoms with E-state index in [1.165, 1.54) is 71.9 Å². The van der Waals surface area contributed by atoms with Gasteiger partial charge in [0.25, 0.3) is 0 Å². The molecule has 0 fully saturated rings. The highest BCUT2D eigenvalue weighted by atomic mass is 15.2. The van der Waals surface area contributed by atoms with Crippen LogP contribution in [-0.4, -0.2) is 10.6 Å². The van der Waals surface area contributed by atoms with Crippen molar-refractivity contribution in [3.8, 4) is 27.9 Å². The summed E-state index contributed by atoms with van der Waals surface area (Å²) < 4.78 is 2.39. The van der Waals surface area contributed by atoms with E-state index in [0.29, 0.717) is 0 Å². The molecule has 9 rings (SSSR count). The molecule has 0 saturated carbocycles. The molecule has 7 aromatic carbocycles. The molecule has 1 aliphatic rings. The van der Waals surface area contributed by atoms with E-state index in [9.17, 15) is 0 Å². The van der Waals surface area contributed by atoms with Crippen molar-refractivity contribution >= 4 is 44.0 Å². The minimum Gasteiger partial charge on any atom is -0.334 e. The highest BCUT2D eigenvalue weighted by Crippen LogP contribution is 2.40. The molecule has 8 aromatic rings. The van der Waals surface area contributed by atoms with Crippen molar-refractivity contribution in [2.45, 2.75) is 12.5 Å². The number of rotatable bonds is 6. The molecular weight excluding hydrogens is 581 g/mol. The molecule has 48 heavy (non-hydrogen) atoms. The zero-order valence-corrected chi connectivity index (χ0v) is 26.6. The summed E-state index contributed by atoms with van der Waals surface area (Å²) >= 11 is 0. The summed E-state index contributed by atoms with van der Waals surface area (Å²) in [5.41, 5.74) is 10.9. The Labute approximate surface area is 281 Å². The van der Waals surface area contributed by atoms with Gasteiger partial charge in [-0.15, -0.1) is 0 Å². The standard InChI is InChI=1S/C46H34N2/c1-4-13-33(14-5-1)36-24-23-34-25-30-41(32-37(34)31-36)47(38-15-6-2-7-16-38)40-28-26-35(27-29-40)42-20-12-22-45-46(42)43-19-10-11-21-44(43)48(45)39-17-8-3-9-18-39/h1-15,17-32,38H,16H2. The number of anilines is 2. The van der Waals surface area contributed by atoms with Gasteiger partial charge in [0.1, 0.15) is 0 Å². The third-order valence-corrected chi connectivity index (χ3v) is 9.67. The van der Waals surface area contributed by atoms with E-state index in [-0.39, 0.29) is 6.04 Å². The Balaban J connectivity index is 1.15. The zero-order chi connectivity index (χ0) is 31.9. The quantitative estimate of drug-likeness (QED) is 0.181. The monoisotopic (exact) mass is 614 g/mol. The van der Waals surface area contributed by atoms with Gasteiger partial charge in [0.15, 0.2) is 0 Å². The Kier molecular flexibility index (Phi) is 6.98. The van der Waals surface area contributed by atoms with Gasteiger partial charge >= 0.3 is 0 Å². The SMILES string of the molecule is C1=CCC(N(c2ccc(-c3cccc4c3c3ccccc3n4-c3ccccc3)cc2)c2ccc3ccc(-c4ccccc4)cc3c2)C=C1. The third kappa shape index (κ3) is 4.90. The largest absolute Gasteiger partial charge is 0.334 e. The molecule has 1 atom stereocenters. The van der Waals surface area contributed by atoms with Crippen molar-refractivity contribution in [1.29, 1.82) is 0 Å². The van der Waals surface area contributed by atoms with Crippen LogP contribution in [0.25, 0.3) is 60.5 Å². The van der Waals surface area contributed by atoms with Gasteiger partial charge in [-0.1, -0.05) is 133 Å². The highest BCUT2D eigenvalue weighted by Gasteiger charge is 2.21. The predicted molar refractivity (Wildman–Crippen MR) is 204 cm³/mol. The summed E-state index contributed by atoms with van der Waals surface area (Å²) in [6.45, 7) is 0. The van der Waals surface area contributed by atoms with E-state index in [4.69, 9.17) is 0 Å². The minimum absolute atomic E-state index is 0.225. The number of aromatic nitrogens is 1. The van der Waals surface area contributed by atoms with Gasteiger partial charge in [-0.2, -0.15) is 0 Å². The highest BCUT2D eigenvalue weighted by molar-refractivity contribution is 6.15. The van der Waals surface area contributed by atoms with Crippen molar-refractivity contribution in [1.82, 2.24) is 4.57 Å². The van der Waals surface area contributed by atoms with E-state index < -0.39 is 0 Å². The lowest BCUT2D eigenvalue weighted by Crippen LogP contribution is -2.29. The fourth-order valence-corrected chi connectivity index (χ4v) is 7.40. The average molecular weight is 615 g/mol. The first-order valence-corrected chi connectivity index (χ1v) is 16.7. The second-order valence-electron chi connectivity index (χ2n) is 12.5. The lowest BCUT2D eigenvalue weighted by atomic mass is 9.98. The van der Waals surface area contributed by atoms with Crippen molar-refractivity contribution in [3.05, 3.63) is 188 Å². The van der Waals surface area contributed by atoms with Crippen molar-refractivity contribution in [3.63, 3.8) is 0 Å². The van der Waals surface area contributed by atoms with Gasteiger partial charge in [0.05, 0.1) is 17.1 Å². The normalized spacial score (nSPS) is 14.2. The van der Waals surface area contributed by atoms with Crippen LogP contribution in [0.15, 0.2) is 188 Å². The number of hydrogen-bond donors (Lipinski definition) is 0. The van der Waals surface area contributed by atoms with Crippen LogP contribution in [0.2, 0.25) is 0 Å². The van der Waals surface area contributed by atoms with E-state index in [0.717, 1.165) is 6.42 Å². The Hall–Kier alpha value is -6.12. The molecule has 1 unspecified atom stereocenters. The molecule has 2 nitrogen and oxygen atoms in total. The summed E-state index contributed by atoms with van der Waals surface area (Å²) in [5.74, 6) is 0. The van der Waals surface area contributed by atoms with Crippen LogP contribution in [0, 0.1) is 0 Å². The summed E-state index contributed by atoms with van der Waals surface area (Å²) in [5, 5.41) is 5.04. The van der Waals surface area contributed by atoms with Crippen LogP contribution < -0.4 is 4.90 Å². The van der Waals surface area contributed by atoms with Crippen LogP contribution in [-0.2, 0) is 0 Å². The molecule has 1 aliphatic carbocycles. The summed E-state index contributed by atoms with van der Waals surface area (Å²) in [6, 6.07) is 59.8. The molecule has 0 amide bonds. The first-order chi connectivity index (χ1) is 23.8. The smallest absolute Gasteiger partial charge is 0.0559 e. The van der Waals surface area contributed by atoms with Gasteiger partial charge in [0, 0.05) is 27.8 Å². The van der Waals surface area contributed by atoms with Gasteiger partial charge in [-0.05, 0) is 94.0 Å². The van der Waals surface area contributed by atoms with Crippen molar-refractivity contribution in [2.75, 3.05) is 4.90 Å². The Morgan fingerprint density at radius 1 is 0.500 bits per heavy atom. The number of nitrogens with zero attached hydrogens (tertiary/aromatic N) is 2. The molecule has 2 heteroatoms. The Bertz CT molecular complexity index is 2470. The molecule has 1 heterocycles. The van der Waals surface area contributed by atoms with Crippen LogP contribution in [0.3, 0.4) is 0 Å². The minimum atomic E-state index is 0.225. The van der Waals surface area contributed by atoms with Crippen molar-refractivity contribution in [2.24, 2.45) is 0 Å². The van der Waals surface area contributed by atoms with Crippen LogP contribution in [0.5, 0.6) is 0 Å². The fourth-order valence-electron chi connectivity index (χ4n) is 7.40. The molecule has 0 saturated heterocycles. The van der Waals surface area contributed by atoms with Gasteiger partial charge < -0.3 is 9.47 Å². The second kappa shape index (κ2) is 11.9. The molecule has 0 radical (unpaired) electrons. The first kappa shape index (κ1) is 28.1. The van der Waals surface area contributed by atoms with Crippen LogP contribution >= 0.6 is 0 Å². The van der Waals surface area contributed by atoms with Gasteiger partial charge in [0.2, 0.25) is 0 Å². The second-order valence-corrected chi connectivity index (χ2v) is 12.5. The Morgan fingerprint density at radius 2 is 1.21 bits per heavy atom. The molecule has 0 bridgehead atoms. The zero-order valence-electron chi connectivity index (χ0n) is 26.6. The topological polar surface area (TPSA) is 8.17 Å². The number of hydrogen-bond acceptors (Lipinski definition) is 1. The predicted octanol–water partition coefficient (Wildman–Crippen LogP) is 12.3. The van der Waals surface area contributed by atoms with Crippen molar-refractivity contribution < 1.29 is 0 Å². The summed E-state index contributed by atoms with van der Waals surface area (Å²) in [7, 11) is 0. The molecule has 0 aliphatic heterocycles. The summed E-state index contributed by atoms with van der Waals surface area (Å²) in [4.78, 5) is 2.49. The number of fused-ring (bicyclic) bond motifs is 4. The number of para-hydroxylation sites is 2. The molecular formula is C46H34N2. The Morgan fingerprint density at radius 3 is 2.02 bits per heavy atom. The van der Waals surface area contributed by atoms with Crippen LogP contribution in [0.4, 0.5) is 11.4 Å². The van der Waals surface area contributed by atoms with E-state index in [1.54, 1.807) is 0 Å². The number of benzene rings is 7. The average Bonchev–Trinajstić information content (AvgIpc) is 3.51. The number of allylic oxidation sites excluding steroid dienone is 2. The van der Waals surface area contributed by atoms with Crippen LogP contribution in [0.1, 0.15) is 6.42 Å².